The number of hydrogen-bond donors (Lipinski definition) is 0. The Hall–Kier alpha value is -3.16. The molecule has 1 fully saturated rings. The van der Waals surface area contributed by atoms with E-state index in [0.717, 1.165) is 24.2 Å². The zero-order chi connectivity index (χ0) is 21.5. The van der Waals surface area contributed by atoms with Crippen LogP contribution in [0.25, 0.3) is 6.08 Å². The number of carbonyl (C=O) groups excluding carboxylic acids is 2. The van der Waals surface area contributed by atoms with E-state index in [9.17, 15) is 9.59 Å². The third kappa shape index (κ3) is 5.06. The number of likely N-dealkylation sites (tertiary alicyclic amines) is 1. The normalized spacial score (nSPS) is 14.8. The summed E-state index contributed by atoms with van der Waals surface area (Å²) in [6.07, 6.45) is 6.72. The van der Waals surface area contributed by atoms with Gasteiger partial charge in [0.1, 0.15) is 5.75 Å². The molecule has 1 aromatic heterocycles. The topological polar surface area (TPSA) is 80.6 Å². The molecule has 1 saturated heterocycles. The highest BCUT2D eigenvalue weighted by molar-refractivity contribution is 5.92. The van der Waals surface area contributed by atoms with E-state index in [4.69, 9.17) is 4.74 Å². The summed E-state index contributed by atoms with van der Waals surface area (Å²) in [5.74, 6) is 0.693. The molecule has 3 rings (SSSR count). The van der Waals surface area contributed by atoms with Crippen LogP contribution in [0.3, 0.4) is 0 Å². The monoisotopic (exact) mass is 411 g/mol. The van der Waals surface area contributed by atoms with Crippen molar-refractivity contribution in [1.29, 1.82) is 0 Å². The number of aromatic nitrogens is 3. The Labute approximate surface area is 177 Å². The molecule has 2 amide bonds. The summed E-state index contributed by atoms with van der Waals surface area (Å²) < 4.78 is 6.91. The van der Waals surface area contributed by atoms with Crippen molar-refractivity contribution in [3.63, 3.8) is 0 Å². The van der Waals surface area contributed by atoms with Gasteiger partial charge in [-0.2, -0.15) is 0 Å². The Kier molecular flexibility index (Phi) is 7.21. The van der Waals surface area contributed by atoms with Gasteiger partial charge in [0.25, 0.3) is 5.91 Å². The minimum atomic E-state index is -0.0949. The van der Waals surface area contributed by atoms with Crippen LogP contribution in [-0.4, -0.2) is 69.9 Å². The highest BCUT2D eigenvalue weighted by Crippen LogP contribution is 2.22. The van der Waals surface area contributed by atoms with Gasteiger partial charge in [-0.15, -0.1) is 5.10 Å². The van der Waals surface area contributed by atoms with Crippen molar-refractivity contribution in [2.45, 2.75) is 32.7 Å². The van der Waals surface area contributed by atoms with Gasteiger partial charge >= 0.3 is 0 Å². The lowest BCUT2D eigenvalue weighted by Gasteiger charge is -2.31. The zero-order valence-electron chi connectivity index (χ0n) is 17.8. The summed E-state index contributed by atoms with van der Waals surface area (Å²) >= 11 is 0. The number of benzene rings is 1. The molecule has 1 aliphatic rings. The predicted molar refractivity (Wildman–Crippen MR) is 114 cm³/mol. The molecule has 30 heavy (non-hydrogen) atoms. The van der Waals surface area contributed by atoms with Crippen LogP contribution in [0.2, 0.25) is 0 Å². The summed E-state index contributed by atoms with van der Waals surface area (Å²) in [5, 5.41) is 8.22. The molecule has 2 heterocycles. The van der Waals surface area contributed by atoms with Gasteiger partial charge in [-0.1, -0.05) is 17.3 Å². The highest BCUT2D eigenvalue weighted by atomic mass is 16.5. The molecule has 1 aromatic carbocycles. The summed E-state index contributed by atoms with van der Waals surface area (Å²) in [7, 11) is 1.63. The second-order valence-corrected chi connectivity index (χ2v) is 7.22. The third-order valence-electron chi connectivity index (χ3n) is 5.46. The van der Waals surface area contributed by atoms with E-state index in [1.165, 1.54) is 0 Å². The van der Waals surface area contributed by atoms with Crippen molar-refractivity contribution >= 4 is 17.9 Å². The van der Waals surface area contributed by atoms with Crippen molar-refractivity contribution in [2.24, 2.45) is 0 Å². The largest absolute Gasteiger partial charge is 0.497 e. The van der Waals surface area contributed by atoms with Crippen LogP contribution in [0.5, 0.6) is 5.75 Å². The first-order valence-corrected chi connectivity index (χ1v) is 10.4. The molecule has 1 aliphatic heterocycles. The number of methoxy groups -OCH3 is 1. The smallest absolute Gasteiger partial charge is 0.276 e. The van der Waals surface area contributed by atoms with Gasteiger partial charge in [-0.25, -0.2) is 4.68 Å². The van der Waals surface area contributed by atoms with Crippen LogP contribution in [-0.2, 0) is 4.79 Å². The summed E-state index contributed by atoms with van der Waals surface area (Å²) in [4.78, 5) is 28.5. The quantitative estimate of drug-likeness (QED) is 0.655. The van der Waals surface area contributed by atoms with Crippen molar-refractivity contribution in [3.05, 3.63) is 47.8 Å². The molecule has 0 radical (unpaired) electrons. The average Bonchev–Trinajstić information content (AvgIpc) is 3.29. The number of rotatable bonds is 7. The number of nitrogens with zero attached hydrogens (tertiary/aromatic N) is 5. The van der Waals surface area contributed by atoms with E-state index in [1.807, 2.05) is 49.1 Å². The lowest BCUT2D eigenvalue weighted by Crippen LogP contribution is -2.38. The molecule has 0 N–H and O–H groups in total. The predicted octanol–water partition coefficient (Wildman–Crippen LogP) is 2.65. The number of ether oxygens (including phenoxy) is 1. The van der Waals surface area contributed by atoms with Gasteiger partial charge in [0, 0.05) is 32.3 Å². The van der Waals surface area contributed by atoms with E-state index in [2.05, 4.69) is 10.3 Å². The third-order valence-corrected chi connectivity index (χ3v) is 5.46. The van der Waals surface area contributed by atoms with Gasteiger partial charge in [-0.3, -0.25) is 9.59 Å². The molecule has 2 aromatic rings. The van der Waals surface area contributed by atoms with Crippen LogP contribution < -0.4 is 4.74 Å². The minimum Gasteiger partial charge on any atom is -0.497 e. The standard InChI is InChI=1S/C22H29N5O3/c1-4-25(5-2)22(29)20-16-27(24-23-20)18-12-14-26(15-13-18)21(28)11-8-17-6-9-19(30-3)10-7-17/h6-11,16,18H,4-5,12-15H2,1-3H3/b11-8+. The SMILES string of the molecule is CCN(CC)C(=O)c1cn(C2CCN(C(=O)/C=C/c3ccc(OC)cc3)CC2)nn1. The summed E-state index contributed by atoms with van der Waals surface area (Å²) in [6, 6.07) is 7.71. The van der Waals surface area contributed by atoms with Gasteiger partial charge in [-0.05, 0) is 50.5 Å². The van der Waals surface area contributed by atoms with Gasteiger partial charge in [0.05, 0.1) is 19.3 Å². The molecule has 0 aliphatic carbocycles. The molecule has 8 nitrogen and oxygen atoms in total. The fraction of sp³-hybridized carbons (Fsp3) is 0.455. The molecular weight excluding hydrogens is 382 g/mol. The van der Waals surface area contributed by atoms with E-state index in [0.29, 0.717) is 31.9 Å². The van der Waals surface area contributed by atoms with Gasteiger partial charge < -0.3 is 14.5 Å². The Morgan fingerprint density at radius 3 is 2.43 bits per heavy atom. The van der Waals surface area contributed by atoms with Crippen LogP contribution >= 0.6 is 0 Å². The average molecular weight is 412 g/mol. The second-order valence-electron chi connectivity index (χ2n) is 7.22. The Morgan fingerprint density at radius 1 is 1.17 bits per heavy atom. The van der Waals surface area contributed by atoms with Crippen molar-refractivity contribution in [3.8, 4) is 5.75 Å². The van der Waals surface area contributed by atoms with Crippen LogP contribution in [0.4, 0.5) is 0 Å². The van der Waals surface area contributed by atoms with Crippen LogP contribution in [0.15, 0.2) is 36.5 Å². The van der Waals surface area contributed by atoms with E-state index in [1.54, 1.807) is 29.0 Å². The fourth-order valence-corrected chi connectivity index (χ4v) is 3.56. The number of hydrogen-bond acceptors (Lipinski definition) is 5. The molecule has 0 atom stereocenters. The molecular formula is C22H29N5O3. The maximum absolute atomic E-state index is 12.5. The Balaban J connectivity index is 1.53. The first-order valence-electron chi connectivity index (χ1n) is 10.4. The molecule has 160 valence electrons. The molecule has 0 saturated carbocycles. The molecule has 0 unspecified atom stereocenters. The minimum absolute atomic E-state index is 0.000239. The highest BCUT2D eigenvalue weighted by Gasteiger charge is 2.25. The Morgan fingerprint density at radius 2 is 1.83 bits per heavy atom. The van der Waals surface area contributed by atoms with Crippen molar-refractivity contribution in [2.75, 3.05) is 33.3 Å². The lowest BCUT2D eigenvalue weighted by atomic mass is 10.1. The maximum Gasteiger partial charge on any atom is 0.276 e. The maximum atomic E-state index is 12.5. The van der Waals surface area contributed by atoms with Gasteiger partial charge in [0.2, 0.25) is 5.91 Å². The fourth-order valence-electron chi connectivity index (χ4n) is 3.56. The van der Waals surface area contributed by atoms with Crippen molar-refractivity contribution < 1.29 is 14.3 Å². The Bertz CT molecular complexity index is 878. The first kappa shape index (κ1) is 21.5. The molecule has 0 spiro atoms. The van der Waals surface area contributed by atoms with Crippen LogP contribution in [0.1, 0.15) is 48.8 Å². The van der Waals surface area contributed by atoms with E-state index >= 15 is 0 Å². The van der Waals surface area contributed by atoms with Crippen LogP contribution in [0, 0.1) is 0 Å². The lowest BCUT2D eigenvalue weighted by molar-refractivity contribution is -0.127. The van der Waals surface area contributed by atoms with E-state index < -0.39 is 0 Å². The second kappa shape index (κ2) is 10.0. The van der Waals surface area contributed by atoms with Gasteiger partial charge in [0.15, 0.2) is 5.69 Å². The molecule has 0 bridgehead atoms. The summed E-state index contributed by atoms with van der Waals surface area (Å²) in [6.45, 7) is 6.48. The molecule has 8 heteroatoms. The number of carbonyl (C=O) groups is 2. The van der Waals surface area contributed by atoms with E-state index in [-0.39, 0.29) is 17.9 Å². The summed E-state index contributed by atoms with van der Waals surface area (Å²) in [5.41, 5.74) is 1.33. The number of piperidine rings is 1. The first-order chi connectivity index (χ1) is 14.5. The zero-order valence-corrected chi connectivity index (χ0v) is 17.8. The number of amides is 2. The van der Waals surface area contributed by atoms with Crippen molar-refractivity contribution in [1.82, 2.24) is 24.8 Å².